The van der Waals surface area contributed by atoms with E-state index in [0.29, 0.717) is 0 Å². The summed E-state index contributed by atoms with van der Waals surface area (Å²) in [6.45, 7) is -0.120. The van der Waals surface area contributed by atoms with Crippen molar-refractivity contribution < 1.29 is 33.3 Å². The van der Waals surface area contributed by atoms with Gasteiger partial charge in [0.05, 0.1) is 20.8 Å². The van der Waals surface area contributed by atoms with Gasteiger partial charge in [0, 0.05) is 0 Å². The molecule has 7 nitrogen and oxygen atoms in total. The fraction of sp³-hybridized carbons (Fsp3) is 0.375. The first-order chi connectivity index (χ1) is 7.60. The van der Waals surface area contributed by atoms with Gasteiger partial charge in [0.25, 0.3) is 5.76 Å². The second-order valence-corrected chi connectivity index (χ2v) is 3.34. The molecule has 1 rings (SSSR count). The molecule has 90 valence electrons. The van der Waals surface area contributed by atoms with Gasteiger partial charge in [-0.1, -0.05) is 0 Å². The molecule has 0 aromatic heterocycles. The van der Waals surface area contributed by atoms with E-state index in [0.717, 1.165) is 0 Å². The summed E-state index contributed by atoms with van der Waals surface area (Å²) < 4.78 is 19.0. The Morgan fingerprint density at radius 1 is 1.31 bits per heavy atom. The predicted molar refractivity (Wildman–Crippen MR) is 52.5 cm³/mol. The number of carbonyl (C=O) groups excluding carboxylic acids is 1. The third-order valence-electron chi connectivity index (χ3n) is 1.69. The maximum absolute atomic E-state index is 11.2. The van der Waals surface area contributed by atoms with Gasteiger partial charge >= 0.3 is 14.6 Å². The molecule has 8 heteroatoms. The molecule has 0 aromatic rings. The van der Waals surface area contributed by atoms with Gasteiger partial charge in [0.15, 0.2) is 5.76 Å². The first-order valence-electron chi connectivity index (χ1n) is 4.16. The van der Waals surface area contributed by atoms with Crippen LogP contribution in [0.5, 0.6) is 0 Å². The number of hydrogen-bond donors (Lipinski definition) is 2. The minimum absolute atomic E-state index is 0.0380. The zero-order valence-corrected chi connectivity index (χ0v) is 9.56. The monoisotopic (exact) mass is 250 g/mol. The Morgan fingerprint density at radius 2 is 1.94 bits per heavy atom. The van der Waals surface area contributed by atoms with Crippen LogP contribution in [0.3, 0.4) is 0 Å². The third kappa shape index (κ3) is 2.93. The fourth-order valence-corrected chi connectivity index (χ4v) is 1.29. The SMILES string of the molecule is COC1=C(OC)/C(=C\COP(O)O)OC1=O. The highest BCUT2D eigenvalue weighted by Gasteiger charge is 2.32. The van der Waals surface area contributed by atoms with Crippen LogP contribution in [0.15, 0.2) is 23.4 Å². The number of ether oxygens (including phenoxy) is 3. The summed E-state index contributed by atoms with van der Waals surface area (Å²) in [6.07, 6.45) is 1.34. The van der Waals surface area contributed by atoms with Crippen LogP contribution in [-0.4, -0.2) is 36.6 Å². The van der Waals surface area contributed by atoms with Gasteiger partial charge in [-0.3, -0.25) is 0 Å². The van der Waals surface area contributed by atoms with E-state index < -0.39 is 14.6 Å². The molecule has 0 aromatic carbocycles. The molecule has 0 saturated heterocycles. The van der Waals surface area contributed by atoms with Gasteiger partial charge in [0.2, 0.25) is 5.76 Å². The average Bonchev–Trinajstić information content (AvgIpc) is 2.53. The molecule has 0 spiro atoms. The van der Waals surface area contributed by atoms with Crippen LogP contribution in [-0.2, 0) is 23.5 Å². The highest BCUT2D eigenvalue weighted by Crippen LogP contribution is 2.28. The standard InChI is InChI=1S/C8H11O7P/c1-12-6-5(3-4-14-16(10)11)15-8(9)7(6)13-2/h3,10-11H,4H2,1-2H3/b5-3+. The lowest BCUT2D eigenvalue weighted by Gasteiger charge is -2.03. The Balaban J connectivity index is 2.76. The van der Waals surface area contributed by atoms with Crippen molar-refractivity contribution >= 4 is 14.6 Å². The summed E-state index contributed by atoms with van der Waals surface area (Å²) in [4.78, 5) is 28.2. The van der Waals surface area contributed by atoms with Crippen molar-refractivity contribution in [3.05, 3.63) is 23.4 Å². The molecular formula is C8H11O7P. The molecule has 0 fully saturated rings. The van der Waals surface area contributed by atoms with Gasteiger partial charge in [-0.25, -0.2) is 4.79 Å². The van der Waals surface area contributed by atoms with Gasteiger partial charge in [0.1, 0.15) is 0 Å². The van der Waals surface area contributed by atoms with Crippen LogP contribution in [0.4, 0.5) is 0 Å². The summed E-state index contributed by atoms with van der Waals surface area (Å²) in [5.41, 5.74) is 0. The normalized spacial score (nSPS) is 18.3. The largest absolute Gasteiger partial charge is 0.490 e. The topological polar surface area (TPSA) is 94.5 Å². The van der Waals surface area contributed by atoms with E-state index in [2.05, 4.69) is 4.52 Å². The van der Waals surface area contributed by atoms with E-state index in [9.17, 15) is 4.79 Å². The molecule has 0 saturated carbocycles. The minimum Gasteiger partial charge on any atom is -0.490 e. The van der Waals surface area contributed by atoms with Gasteiger partial charge in [-0.05, 0) is 6.08 Å². The second-order valence-electron chi connectivity index (χ2n) is 2.57. The first-order valence-corrected chi connectivity index (χ1v) is 5.32. The number of esters is 1. The van der Waals surface area contributed by atoms with E-state index in [1.54, 1.807) is 0 Å². The molecule has 0 radical (unpaired) electrons. The maximum Gasteiger partial charge on any atom is 0.383 e. The smallest absolute Gasteiger partial charge is 0.383 e. The Labute approximate surface area is 92.9 Å². The van der Waals surface area contributed by atoms with Crippen LogP contribution in [0.2, 0.25) is 0 Å². The van der Waals surface area contributed by atoms with Crippen molar-refractivity contribution in [1.29, 1.82) is 0 Å². The molecule has 1 heterocycles. The van der Waals surface area contributed by atoms with Crippen molar-refractivity contribution in [2.45, 2.75) is 0 Å². The number of cyclic esters (lactones) is 1. The second kappa shape index (κ2) is 5.81. The molecule has 0 amide bonds. The van der Waals surface area contributed by atoms with Crippen LogP contribution in [0.1, 0.15) is 0 Å². The molecule has 2 N–H and O–H groups in total. The van der Waals surface area contributed by atoms with Gasteiger partial charge in [-0.15, -0.1) is 0 Å². The Kier molecular flexibility index (Phi) is 4.70. The number of hydrogen-bond acceptors (Lipinski definition) is 7. The Bertz CT molecular complexity index is 333. The zero-order valence-electron chi connectivity index (χ0n) is 8.67. The molecule has 0 aliphatic carbocycles. The molecule has 0 unspecified atom stereocenters. The molecular weight excluding hydrogens is 239 g/mol. The van der Waals surface area contributed by atoms with Gasteiger partial charge in [-0.2, -0.15) is 0 Å². The fourth-order valence-electron chi connectivity index (χ4n) is 1.08. The van der Waals surface area contributed by atoms with Crippen molar-refractivity contribution in [1.82, 2.24) is 0 Å². The number of carbonyl (C=O) groups is 1. The van der Waals surface area contributed by atoms with E-state index in [-0.39, 0.29) is 23.9 Å². The molecule has 0 atom stereocenters. The lowest BCUT2D eigenvalue weighted by Crippen LogP contribution is -2.00. The average molecular weight is 250 g/mol. The van der Waals surface area contributed by atoms with Crippen molar-refractivity contribution in [3.8, 4) is 0 Å². The summed E-state index contributed by atoms with van der Waals surface area (Å²) in [6, 6.07) is 0. The summed E-state index contributed by atoms with van der Waals surface area (Å²) in [5, 5.41) is 0. The van der Waals surface area contributed by atoms with Crippen molar-refractivity contribution in [3.63, 3.8) is 0 Å². The maximum atomic E-state index is 11.2. The van der Waals surface area contributed by atoms with E-state index >= 15 is 0 Å². The third-order valence-corrected chi connectivity index (χ3v) is 2.07. The lowest BCUT2D eigenvalue weighted by atomic mass is 10.3. The molecule has 1 aliphatic heterocycles. The molecule has 1 aliphatic rings. The minimum atomic E-state index is -2.44. The Hall–Kier alpha value is -1.14. The van der Waals surface area contributed by atoms with Crippen molar-refractivity contribution in [2.75, 3.05) is 20.8 Å². The lowest BCUT2D eigenvalue weighted by molar-refractivity contribution is -0.136. The van der Waals surface area contributed by atoms with Gasteiger partial charge < -0.3 is 28.5 Å². The quantitative estimate of drug-likeness (QED) is 0.530. The predicted octanol–water partition coefficient (Wildman–Crippen LogP) is 0.160. The van der Waals surface area contributed by atoms with Crippen LogP contribution in [0, 0.1) is 0 Å². The van der Waals surface area contributed by atoms with Crippen LogP contribution in [0.25, 0.3) is 0 Å². The number of methoxy groups -OCH3 is 2. The first kappa shape index (κ1) is 12.9. The van der Waals surface area contributed by atoms with E-state index in [4.69, 9.17) is 24.0 Å². The highest BCUT2D eigenvalue weighted by atomic mass is 31.2. The number of rotatable bonds is 5. The van der Waals surface area contributed by atoms with E-state index in [1.165, 1.54) is 20.3 Å². The Morgan fingerprint density at radius 3 is 2.44 bits per heavy atom. The molecule has 16 heavy (non-hydrogen) atoms. The van der Waals surface area contributed by atoms with Crippen LogP contribution >= 0.6 is 8.60 Å². The summed E-state index contributed by atoms with van der Waals surface area (Å²) >= 11 is 0. The van der Waals surface area contributed by atoms with Crippen LogP contribution < -0.4 is 0 Å². The summed E-state index contributed by atoms with van der Waals surface area (Å²) in [5.74, 6) is -0.428. The van der Waals surface area contributed by atoms with E-state index in [1.807, 2.05) is 0 Å². The van der Waals surface area contributed by atoms with Crippen molar-refractivity contribution in [2.24, 2.45) is 0 Å². The molecule has 0 bridgehead atoms. The zero-order chi connectivity index (χ0) is 12.1. The summed E-state index contributed by atoms with van der Waals surface area (Å²) in [7, 11) is 0.234. The highest BCUT2D eigenvalue weighted by molar-refractivity contribution is 7.39.